The van der Waals surface area contributed by atoms with Gasteiger partial charge in [-0.15, -0.1) is 0 Å². The monoisotopic (exact) mass is 298 g/mol. The molecule has 0 aliphatic rings. The van der Waals surface area contributed by atoms with Crippen LogP contribution >= 0.6 is 0 Å². The predicted octanol–water partition coefficient (Wildman–Crippen LogP) is 3.02. The van der Waals surface area contributed by atoms with Crippen molar-refractivity contribution in [1.29, 1.82) is 0 Å². The highest BCUT2D eigenvalue weighted by atomic mass is 19.4. The molecule has 114 valence electrons. The Labute approximate surface area is 121 Å². The van der Waals surface area contributed by atoms with E-state index in [0.29, 0.717) is 24.5 Å². The molecular formula is C14H17F3N4. The van der Waals surface area contributed by atoms with Crippen LogP contribution in [0.15, 0.2) is 24.3 Å². The molecule has 0 aliphatic carbocycles. The number of aromatic nitrogens is 3. The van der Waals surface area contributed by atoms with E-state index in [0.717, 1.165) is 18.3 Å². The van der Waals surface area contributed by atoms with Crippen molar-refractivity contribution in [2.45, 2.75) is 32.6 Å². The van der Waals surface area contributed by atoms with Gasteiger partial charge in [-0.1, -0.05) is 25.1 Å². The van der Waals surface area contributed by atoms with E-state index in [2.05, 4.69) is 15.2 Å². The molecule has 0 saturated carbocycles. The Hall–Kier alpha value is -1.89. The molecule has 0 spiro atoms. The first-order chi connectivity index (χ1) is 9.88. The molecule has 1 heterocycles. The van der Waals surface area contributed by atoms with Gasteiger partial charge in [-0.3, -0.25) is 10.00 Å². The fourth-order valence-electron chi connectivity index (χ4n) is 2.03. The van der Waals surface area contributed by atoms with Gasteiger partial charge < -0.3 is 0 Å². The Morgan fingerprint density at radius 3 is 2.62 bits per heavy atom. The van der Waals surface area contributed by atoms with Crippen LogP contribution in [0.1, 0.15) is 29.7 Å². The summed E-state index contributed by atoms with van der Waals surface area (Å²) in [6.07, 6.45) is -3.57. The lowest BCUT2D eigenvalue weighted by atomic mass is 10.1. The SMILES string of the molecule is CCc1n[nH]c(CN(C)Cc2cccc(C(F)(F)F)c2)n1. The first-order valence-electron chi connectivity index (χ1n) is 6.63. The van der Waals surface area contributed by atoms with Crippen LogP contribution in [-0.2, 0) is 25.7 Å². The van der Waals surface area contributed by atoms with Gasteiger partial charge in [0, 0.05) is 13.0 Å². The molecule has 1 aromatic heterocycles. The second kappa shape index (κ2) is 6.26. The van der Waals surface area contributed by atoms with Gasteiger partial charge >= 0.3 is 6.18 Å². The highest BCUT2D eigenvalue weighted by molar-refractivity contribution is 5.25. The minimum absolute atomic E-state index is 0.409. The lowest BCUT2D eigenvalue weighted by Gasteiger charge is -2.16. The van der Waals surface area contributed by atoms with Crippen LogP contribution in [0.3, 0.4) is 0 Å². The normalized spacial score (nSPS) is 12.1. The molecule has 0 radical (unpaired) electrons. The largest absolute Gasteiger partial charge is 0.416 e. The second-order valence-electron chi connectivity index (χ2n) is 4.92. The molecule has 2 aromatic rings. The van der Waals surface area contributed by atoms with Crippen molar-refractivity contribution in [2.24, 2.45) is 0 Å². The summed E-state index contributed by atoms with van der Waals surface area (Å²) in [5.41, 5.74) is -0.0103. The molecule has 2 rings (SSSR count). The summed E-state index contributed by atoms with van der Waals surface area (Å²) < 4.78 is 38.0. The van der Waals surface area contributed by atoms with Crippen LogP contribution in [0.4, 0.5) is 13.2 Å². The van der Waals surface area contributed by atoms with E-state index in [1.54, 1.807) is 6.07 Å². The summed E-state index contributed by atoms with van der Waals surface area (Å²) in [6.45, 7) is 2.87. The molecule has 1 aromatic carbocycles. The maximum absolute atomic E-state index is 12.7. The van der Waals surface area contributed by atoms with Crippen molar-refractivity contribution in [3.8, 4) is 0 Å². The zero-order chi connectivity index (χ0) is 15.5. The molecule has 0 aliphatic heterocycles. The van der Waals surface area contributed by atoms with Crippen LogP contribution in [-0.4, -0.2) is 27.1 Å². The minimum atomic E-state index is -4.31. The summed E-state index contributed by atoms with van der Waals surface area (Å²) in [6, 6.07) is 5.36. The van der Waals surface area contributed by atoms with Crippen LogP contribution in [0.5, 0.6) is 0 Å². The number of halogens is 3. The zero-order valence-electron chi connectivity index (χ0n) is 11.9. The maximum Gasteiger partial charge on any atom is 0.416 e. The molecule has 0 amide bonds. The highest BCUT2D eigenvalue weighted by Gasteiger charge is 2.30. The molecule has 0 saturated heterocycles. The van der Waals surface area contributed by atoms with Crippen molar-refractivity contribution >= 4 is 0 Å². The topological polar surface area (TPSA) is 44.8 Å². The molecule has 0 bridgehead atoms. The summed E-state index contributed by atoms with van der Waals surface area (Å²) in [5.74, 6) is 1.44. The summed E-state index contributed by atoms with van der Waals surface area (Å²) in [5, 5.41) is 6.86. The predicted molar refractivity (Wildman–Crippen MR) is 72.4 cm³/mol. The first kappa shape index (κ1) is 15.5. The Morgan fingerprint density at radius 2 is 2.00 bits per heavy atom. The number of aryl methyl sites for hydroxylation is 1. The second-order valence-corrected chi connectivity index (χ2v) is 4.92. The van der Waals surface area contributed by atoms with Crippen molar-refractivity contribution in [3.63, 3.8) is 0 Å². The molecule has 4 nitrogen and oxygen atoms in total. The number of hydrogen-bond acceptors (Lipinski definition) is 3. The van der Waals surface area contributed by atoms with E-state index in [1.807, 2.05) is 18.9 Å². The van der Waals surface area contributed by atoms with Gasteiger partial charge in [0.15, 0.2) is 0 Å². The third-order valence-electron chi connectivity index (χ3n) is 3.02. The summed E-state index contributed by atoms with van der Waals surface area (Å²) in [4.78, 5) is 6.16. The van der Waals surface area contributed by atoms with Gasteiger partial charge in [-0.25, -0.2) is 4.98 Å². The van der Waals surface area contributed by atoms with E-state index in [4.69, 9.17) is 0 Å². The van der Waals surface area contributed by atoms with Gasteiger partial charge in [0.1, 0.15) is 11.6 Å². The number of nitrogens with one attached hydrogen (secondary N) is 1. The number of H-pyrrole nitrogens is 1. The fourth-order valence-corrected chi connectivity index (χ4v) is 2.03. The summed E-state index contributed by atoms with van der Waals surface area (Å²) in [7, 11) is 1.83. The van der Waals surface area contributed by atoms with Gasteiger partial charge in [-0.05, 0) is 18.7 Å². The zero-order valence-corrected chi connectivity index (χ0v) is 11.9. The van der Waals surface area contributed by atoms with Crippen LogP contribution in [0, 0.1) is 0 Å². The lowest BCUT2D eigenvalue weighted by Crippen LogP contribution is -2.18. The maximum atomic E-state index is 12.7. The quantitative estimate of drug-likeness (QED) is 0.923. The molecule has 21 heavy (non-hydrogen) atoms. The summed E-state index contributed by atoms with van der Waals surface area (Å²) >= 11 is 0. The van der Waals surface area contributed by atoms with Gasteiger partial charge in [-0.2, -0.15) is 18.3 Å². The van der Waals surface area contributed by atoms with Gasteiger partial charge in [0.2, 0.25) is 0 Å². The number of alkyl halides is 3. The van der Waals surface area contributed by atoms with Crippen LogP contribution in [0.25, 0.3) is 0 Å². The number of rotatable bonds is 5. The number of hydrogen-bond donors (Lipinski definition) is 1. The third-order valence-corrected chi connectivity index (χ3v) is 3.02. The van der Waals surface area contributed by atoms with Crippen LogP contribution in [0.2, 0.25) is 0 Å². The smallest absolute Gasteiger partial charge is 0.295 e. The highest BCUT2D eigenvalue weighted by Crippen LogP contribution is 2.29. The third kappa shape index (κ3) is 4.29. The standard InChI is InChI=1S/C14H17F3N4/c1-3-12-18-13(20-19-12)9-21(2)8-10-5-4-6-11(7-10)14(15,16)17/h4-7H,3,8-9H2,1-2H3,(H,18,19,20). The fraction of sp³-hybridized carbons (Fsp3) is 0.429. The van der Waals surface area contributed by atoms with Crippen LogP contribution < -0.4 is 0 Å². The Kier molecular flexibility index (Phi) is 4.62. The molecule has 0 unspecified atom stereocenters. The van der Waals surface area contributed by atoms with Crippen molar-refractivity contribution < 1.29 is 13.2 Å². The Morgan fingerprint density at radius 1 is 1.24 bits per heavy atom. The number of benzene rings is 1. The average Bonchev–Trinajstić information content (AvgIpc) is 2.85. The molecular weight excluding hydrogens is 281 g/mol. The van der Waals surface area contributed by atoms with Gasteiger partial charge in [0.25, 0.3) is 0 Å². The van der Waals surface area contributed by atoms with E-state index >= 15 is 0 Å². The van der Waals surface area contributed by atoms with Crippen molar-refractivity contribution in [1.82, 2.24) is 20.1 Å². The van der Waals surface area contributed by atoms with E-state index < -0.39 is 11.7 Å². The Bertz CT molecular complexity index is 592. The molecule has 0 fully saturated rings. The molecule has 0 atom stereocenters. The number of nitrogens with zero attached hydrogens (tertiary/aromatic N) is 3. The van der Waals surface area contributed by atoms with Gasteiger partial charge in [0.05, 0.1) is 12.1 Å². The van der Waals surface area contributed by atoms with Crippen molar-refractivity contribution in [3.05, 3.63) is 47.0 Å². The minimum Gasteiger partial charge on any atom is -0.295 e. The molecule has 7 heteroatoms. The average molecular weight is 298 g/mol. The lowest BCUT2D eigenvalue weighted by molar-refractivity contribution is -0.137. The Balaban J connectivity index is 2.00. The first-order valence-corrected chi connectivity index (χ1v) is 6.63. The van der Waals surface area contributed by atoms with E-state index in [9.17, 15) is 13.2 Å². The number of aromatic amines is 1. The molecule has 1 N–H and O–H groups in total. The van der Waals surface area contributed by atoms with E-state index in [1.165, 1.54) is 12.1 Å². The van der Waals surface area contributed by atoms with Crippen molar-refractivity contribution in [2.75, 3.05) is 7.05 Å². The van der Waals surface area contributed by atoms with E-state index in [-0.39, 0.29) is 0 Å².